The van der Waals surface area contributed by atoms with Crippen LogP contribution < -0.4 is 4.74 Å². The van der Waals surface area contributed by atoms with Crippen LogP contribution in [0.5, 0.6) is 5.75 Å². The molecular formula is C12H9ClN4O. The van der Waals surface area contributed by atoms with Gasteiger partial charge in [-0.1, -0.05) is 23.7 Å². The summed E-state index contributed by atoms with van der Waals surface area (Å²) in [6.45, 7) is 0. The van der Waals surface area contributed by atoms with Gasteiger partial charge >= 0.3 is 0 Å². The van der Waals surface area contributed by atoms with Gasteiger partial charge in [0, 0.05) is 0 Å². The average molecular weight is 261 g/mol. The van der Waals surface area contributed by atoms with Gasteiger partial charge in [0.15, 0.2) is 11.0 Å². The number of aromatic amines is 1. The zero-order chi connectivity index (χ0) is 12.5. The van der Waals surface area contributed by atoms with E-state index in [1.165, 1.54) is 0 Å². The summed E-state index contributed by atoms with van der Waals surface area (Å²) in [6.07, 6.45) is 1.61. The molecule has 0 aliphatic carbocycles. The second kappa shape index (κ2) is 4.27. The number of nitrogens with zero attached hydrogens (tertiary/aromatic N) is 3. The summed E-state index contributed by atoms with van der Waals surface area (Å²) in [4.78, 5) is 8.66. The molecule has 3 aromatic rings. The third-order valence-electron chi connectivity index (χ3n) is 2.60. The molecule has 5 nitrogen and oxygen atoms in total. The maximum absolute atomic E-state index is 6.09. The molecule has 0 spiro atoms. The molecule has 6 heteroatoms. The third kappa shape index (κ3) is 1.69. The van der Waals surface area contributed by atoms with Crippen molar-refractivity contribution < 1.29 is 4.74 Å². The molecule has 2 aromatic heterocycles. The molecule has 0 saturated carbocycles. The number of ether oxygens (including phenoxy) is 1. The lowest BCUT2D eigenvalue weighted by atomic mass is 10.2. The summed E-state index contributed by atoms with van der Waals surface area (Å²) in [5, 5.41) is 7.00. The van der Waals surface area contributed by atoms with E-state index in [0.29, 0.717) is 27.8 Å². The smallest absolute Gasteiger partial charge is 0.165 e. The van der Waals surface area contributed by atoms with E-state index in [2.05, 4.69) is 20.2 Å². The van der Waals surface area contributed by atoms with Crippen LogP contribution in [0, 0.1) is 0 Å². The van der Waals surface area contributed by atoms with Crippen LogP contribution in [0.1, 0.15) is 0 Å². The lowest BCUT2D eigenvalue weighted by Gasteiger charge is -2.07. The number of para-hydroxylation sites is 1. The second-order valence-corrected chi connectivity index (χ2v) is 4.03. The Morgan fingerprint density at radius 3 is 2.89 bits per heavy atom. The lowest BCUT2D eigenvalue weighted by Crippen LogP contribution is -1.94. The number of H-pyrrole nitrogens is 1. The number of methoxy groups -OCH3 is 1. The molecule has 0 radical (unpaired) electrons. The zero-order valence-corrected chi connectivity index (χ0v) is 10.3. The van der Waals surface area contributed by atoms with Crippen LogP contribution in [0.3, 0.4) is 0 Å². The van der Waals surface area contributed by atoms with Crippen molar-refractivity contribution in [2.45, 2.75) is 0 Å². The number of fused-ring (bicyclic) bond motifs is 1. The molecule has 18 heavy (non-hydrogen) atoms. The first-order valence-electron chi connectivity index (χ1n) is 5.29. The standard InChI is InChI=1S/C12H9ClN4O/c1-18-9-5-3-2-4-7(9)12-15-8-6-14-17-10(8)11(13)16-12/h2-6H,1H3,(H,14,17). The van der Waals surface area contributed by atoms with E-state index in [1.54, 1.807) is 13.3 Å². The number of halogens is 1. The van der Waals surface area contributed by atoms with Gasteiger partial charge in [-0.05, 0) is 12.1 Å². The van der Waals surface area contributed by atoms with Crippen LogP contribution in [-0.2, 0) is 0 Å². The Balaban J connectivity index is 2.25. The van der Waals surface area contributed by atoms with Crippen molar-refractivity contribution in [3.05, 3.63) is 35.6 Å². The van der Waals surface area contributed by atoms with Crippen molar-refractivity contribution >= 4 is 22.6 Å². The average Bonchev–Trinajstić information content (AvgIpc) is 2.87. The number of aromatic nitrogens is 4. The summed E-state index contributed by atoms with van der Waals surface area (Å²) >= 11 is 6.09. The second-order valence-electron chi connectivity index (χ2n) is 3.67. The Hall–Kier alpha value is -2.14. The molecule has 0 saturated heterocycles. The van der Waals surface area contributed by atoms with Crippen LogP contribution in [0.4, 0.5) is 0 Å². The van der Waals surface area contributed by atoms with E-state index in [9.17, 15) is 0 Å². The number of hydrogen-bond donors (Lipinski definition) is 1. The highest BCUT2D eigenvalue weighted by Crippen LogP contribution is 2.29. The molecule has 1 N–H and O–H groups in total. The van der Waals surface area contributed by atoms with Crippen molar-refractivity contribution in [2.75, 3.05) is 7.11 Å². The molecule has 2 heterocycles. The van der Waals surface area contributed by atoms with Gasteiger partial charge in [-0.15, -0.1) is 0 Å². The molecule has 0 unspecified atom stereocenters. The molecule has 1 aromatic carbocycles. The molecule has 0 atom stereocenters. The first-order chi connectivity index (χ1) is 8.79. The molecule has 0 aliphatic heterocycles. The molecule has 0 amide bonds. The van der Waals surface area contributed by atoms with E-state index in [4.69, 9.17) is 16.3 Å². The van der Waals surface area contributed by atoms with Gasteiger partial charge in [-0.2, -0.15) is 5.10 Å². The van der Waals surface area contributed by atoms with Gasteiger partial charge in [0.25, 0.3) is 0 Å². The Bertz CT molecular complexity index is 710. The van der Waals surface area contributed by atoms with Gasteiger partial charge in [0.1, 0.15) is 16.8 Å². The first kappa shape index (κ1) is 11.0. The van der Waals surface area contributed by atoms with E-state index in [-0.39, 0.29) is 0 Å². The molecule has 90 valence electrons. The minimum absolute atomic E-state index is 0.346. The van der Waals surface area contributed by atoms with Crippen molar-refractivity contribution in [1.29, 1.82) is 0 Å². The van der Waals surface area contributed by atoms with Crippen LogP contribution in [-0.4, -0.2) is 27.3 Å². The SMILES string of the molecule is COc1ccccc1-c1nc(Cl)c2[nH]ncc2n1. The van der Waals surface area contributed by atoms with Crippen molar-refractivity contribution in [3.63, 3.8) is 0 Å². The molecule has 0 aliphatic rings. The third-order valence-corrected chi connectivity index (χ3v) is 2.88. The molecular weight excluding hydrogens is 252 g/mol. The van der Waals surface area contributed by atoms with E-state index in [1.807, 2.05) is 24.3 Å². The number of rotatable bonds is 2. The molecule has 3 rings (SSSR count). The van der Waals surface area contributed by atoms with Crippen molar-refractivity contribution in [3.8, 4) is 17.1 Å². The van der Waals surface area contributed by atoms with Gasteiger partial charge in [0.2, 0.25) is 0 Å². The lowest BCUT2D eigenvalue weighted by molar-refractivity contribution is 0.416. The molecule has 0 bridgehead atoms. The Labute approximate surface area is 108 Å². The fourth-order valence-electron chi connectivity index (χ4n) is 1.75. The highest BCUT2D eigenvalue weighted by Gasteiger charge is 2.12. The summed E-state index contributed by atoms with van der Waals surface area (Å²) in [7, 11) is 1.61. The topological polar surface area (TPSA) is 63.7 Å². The van der Waals surface area contributed by atoms with Crippen LogP contribution in [0.15, 0.2) is 30.5 Å². The monoisotopic (exact) mass is 260 g/mol. The Morgan fingerprint density at radius 1 is 1.22 bits per heavy atom. The summed E-state index contributed by atoms with van der Waals surface area (Å²) in [5.41, 5.74) is 2.11. The van der Waals surface area contributed by atoms with Crippen molar-refractivity contribution in [2.24, 2.45) is 0 Å². The van der Waals surface area contributed by atoms with Gasteiger partial charge in [-0.3, -0.25) is 5.10 Å². The molecule has 0 fully saturated rings. The largest absolute Gasteiger partial charge is 0.496 e. The van der Waals surface area contributed by atoms with Crippen molar-refractivity contribution in [1.82, 2.24) is 20.2 Å². The van der Waals surface area contributed by atoms with Crippen LogP contribution >= 0.6 is 11.6 Å². The quantitative estimate of drug-likeness (QED) is 0.720. The highest BCUT2D eigenvalue weighted by molar-refractivity contribution is 6.33. The summed E-state index contributed by atoms with van der Waals surface area (Å²) < 4.78 is 5.29. The normalized spacial score (nSPS) is 10.8. The predicted molar refractivity (Wildman–Crippen MR) is 68.7 cm³/mol. The predicted octanol–water partition coefficient (Wildman–Crippen LogP) is 2.68. The summed E-state index contributed by atoms with van der Waals surface area (Å²) in [6, 6.07) is 7.53. The van der Waals surface area contributed by atoms with Gasteiger partial charge in [-0.25, -0.2) is 9.97 Å². The summed E-state index contributed by atoms with van der Waals surface area (Å²) in [5.74, 6) is 1.22. The Kier molecular flexibility index (Phi) is 2.60. The van der Waals surface area contributed by atoms with Gasteiger partial charge < -0.3 is 4.74 Å². The number of nitrogens with one attached hydrogen (secondary N) is 1. The van der Waals surface area contributed by atoms with Gasteiger partial charge in [0.05, 0.1) is 18.9 Å². The fourth-order valence-corrected chi connectivity index (χ4v) is 1.97. The fraction of sp³-hybridized carbons (Fsp3) is 0.0833. The Morgan fingerprint density at radius 2 is 2.06 bits per heavy atom. The van der Waals surface area contributed by atoms with E-state index >= 15 is 0 Å². The minimum atomic E-state index is 0.346. The van der Waals surface area contributed by atoms with E-state index < -0.39 is 0 Å². The zero-order valence-electron chi connectivity index (χ0n) is 9.51. The maximum Gasteiger partial charge on any atom is 0.165 e. The maximum atomic E-state index is 6.09. The number of hydrogen-bond acceptors (Lipinski definition) is 4. The van der Waals surface area contributed by atoms with E-state index in [0.717, 1.165) is 5.56 Å². The minimum Gasteiger partial charge on any atom is -0.496 e. The van der Waals surface area contributed by atoms with Crippen LogP contribution in [0.25, 0.3) is 22.4 Å². The van der Waals surface area contributed by atoms with Crippen LogP contribution in [0.2, 0.25) is 5.15 Å². The highest BCUT2D eigenvalue weighted by atomic mass is 35.5. The number of benzene rings is 1. The first-order valence-corrected chi connectivity index (χ1v) is 5.67.